The van der Waals surface area contributed by atoms with Crippen LogP contribution in [0.1, 0.15) is 62.4 Å². The molecule has 1 aromatic heterocycles. The van der Waals surface area contributed by atoms with Crippen molar-refractivity contribution in [3.8, 4) is 0 Å². The lowest BCUT2D eigenvalue weighted by molar-refractivity contribution is 0.0954. The number of imidazole rings is 1. The van der Waals surface area contributed by atoms with Gasteiger partial charge >= 0.3 is 0 Å². The molecule has 0 saturated carbocycles. The average molecular weight is 364 g/mol. The predicted octanol–water partition coefficient (Wildman–Crippen LogP) is 4.89. The molecule has 0 radical (unpaired) electrons. The number of carbonyl (C=O) groups is 1. The Morgan fingerprint density at radius 2 is 1.74 bits per heavy atom. The fraction of sp³-hybridized carbons (Fsp3) is 0.391. The first-order valence-corrected chi connectivity index (χ1v) is 9.62. The lowest BCUT2D eigenvalue weighted by Crippen LogP contribution is -2.26. The maximum Gasteiger partial charge on any atom is 0.251 e. The molecule has 0 aliphatic carbocycles. The van der Waals surface area contributed by atoms with E-state index in [0.29, 0.717) is 24.6 Å². The van der Waals surface area contributed by atoms with Crippen LogP contribution in [0.3, 0.4) is 0 Å². The monoisotopic (exact) mass is 363 g/mol. The van der Waals surface area contributed by atoms with Crippen molar-refractivity contribution < 1.29 is 4.79 Å². The van der Waals surface area contributed by atoms with Crippen LogP contribution in [0.4, 0.5) is 0 Å². The molecular formula is C23H29N3O. The van der Waals surface area contributed by atoms with Crippen LogP contribution < -0.4 is 5.32 Å². The van der Waals surface area contributed by atoms with Gasteiger partial charge in [-0.1, -0.05) is 45.0 Å². The summed E-state index contributed by atoms with van der Waals surface area (Å²) in [7, 11) is 0. The summed E-state index contributed by atoms with van der Waals surface area (Å²) in [5, 5.41) is 3.02. The van der Waals surface area contributed by atoms with Gasteiger partial charge < -0.3 is 9.88 Å². The third-order valence-corrected chi connectivity index (χ3v) is 4.83. The lowest BCUT2D eigenvalue weighted by atomic mass is 9.87. The van der Waals surface area contributed by atoms with Gasteiger partial charge in [-0.25, -0.2) is 4.98 Å². The van der Waals surface area contributed by atoms with Crippen molar-refractivity contribution in [2.75, 3.05) is 6.54 Å². The van der Waals surface area contributed by atoms with Crippen LogP contribution in [0.2, 0.25) is 0 Å². The Labute approximate surface area is 161 Å². The largest absolute Gasteiger partial charge is 0.352 e. The number of hydrogen-bond donors (Lipinski definition) is 1. The third-order valence-electron chi connectivity index (χ3n) is 4.83. The van der Waals surface area contributed by atoms with E-state index in [1.807, 2.05) is 42.5 Å². The van der Waals surface area contributed by atoms with Crippen molar-refractivity contribution in [2.45, 2.75) is 52.5 Å². The number of carbonyl (C=O) groups excluding carboxylic acids is 1. The molecule has 1 amide bonds. The summed E-state index contributed by atoms with van der Waals surface area (Å²) < 4.78 is 2.25. The first kappa shape index (κ1) is 19.2. The zero-order valence-electron chi connectivity index (χ0n) is 16.9. The number of benzene rings is 2. The number of amides is 1. The molecule has 0 saturated heterocycles. The van der Waals surface area contributed by atoms with Crippen molar-refractivity contribution in [3.63, 3.8) is 0 Å². The molecule has 4 heteroatoms. The Kier molecular flexibility index (Phi) is 5.36. The van der Waals surface area contributed by atoms with Gasteiger partial charge in [0.15, 0.2) is 0 Å². The Hall–Kier alpha value is -2.62. The van der Waals surface area contributed by atoms with Gasteiger partial charge in [-0.15, -0.1) is 0 Å². The van der Waals surface area contributed by atoms with Crippen LogP contribution in [-0.4, -0.2) is 22.0 Å². The number of hydrogen-bond acceptors (Lipinski definition) is 2. The number of fused-ring (bicyclic) bond motifs is 1. The van der Waals surface area contributed by atoms with Gasteiger partial charge in [0.05, 0.1) is 11.0 Å². The molecule has 2 aromatic carbocycles. The highest BCUT2D eigenvalue weighted by Crippen LogP contribution is 2.22. The molecule has 3 aromatic rings. The number of nitrogens with zero attached hydrogens (tertiary/aromatic N) is 2. The smallest absolute Gasteiger partial charge is 0.251 e. The molecule has 0 unspecified atom stereocenters. The Morgan fingerprint density at radius 3 is 2.37 bits per heavy atom. The van der Waals surface area contributed by atoms with Crippen LogP contribution in [0.5, 0.6) is 0 Å². The second-order valence-corrected chi connectivity index (χ2v) is 8.31. The SMILES string of the molecule is CC(C)n1c(CCNC(=O)c2ccc(C(C)(C)C)cc2)nc2ccccc21. The molecule has 0 aliphatic heterocycles. The zero-order valence-corrected chi connectivity index (χ0v) is 16.9. The molecule has 27 heavy (non-hydrogen) atoms. The van der Waals surface area contributed by atoms with E-state index in [1.54, 1.807) is 0 Å². The fourth-order valence-corrected chi connectivity index (χ4v) is 3.36. The highest BCUT2D eigenvalue weighted by Gasteiger charge is 2.15. The molecule has 0 fully saturated rings. The fourth-order valence-electron chi connectivity index (χ4n) is 3.36. The van der Waals surface area contributed by atoms with Gasteiger partial charge in [-0.05, 0) is 49.1 Å². The van der Waals surface area contributed by atoms with Crippen LogP contribution in [0.25, 0.3) is 11.0 Å². The second kappa shape index (κ2) is 7.55. The van der Waals surface area contributed by atoms with Gasteiger partial charge in [0.1, 0.15) is 5.82 Å². The average Bonchev–Trinajstić information content (AvgIpc) is 2.99. The minimum absolute atomic E-state index is 0.0392. The molecular weight excluding hydrogens is 334 g/mol. The van der Waals surface area contributed by atoms with Gasteiger partial charge in [0.2, 0.25) is 0 Å². The highest BCUT2D eigenvalue weighted by molar-refractivity contribution is 5.94. The molecule has 3 rings (SSSR count). The van der Waals surface area contributed by atoms with Gasteiger partial charge in [-0.3, -0.25) is 4.79 Å². The molecule has 0 atom stereocenters. The van der Waals surface area contributed by atoms with E-state index in [-0.39, 0.29) is 11.3 Å². The van der Waals surface area contributed by atoms with E-state index in [1.165, 1.54) is 5.56 Å². The summed E-state index contributed by atoms with van der Waals surface area (Å²) in [5.41, 5.74) is 4.16. The van der Waals surface area contributed by atoms with E-state index < -0.39 is 0 Å². The summed E-state index contributed by atoms with van der Waals surface area (Å²) in [6.45, 7) is 11.4. The molecule has 1 heterocycles. The van der Waals surface area contributed by atoms with E-state index in [4.69, 9.17) is 4.98 Å². The number of aromatic nitrogens is 2. The Bertz CT molecular complexity index is 930. The maximum atomic E-state index is 12.4. The second-order valence-electron chi connectivity index (χ2n) is 8.31. The summed E-state index contributed by atoms with van der Waals surface area (Å²) >= 11 is 0. The van der Waals surface area contributed by atoms with Crippen LogP contribution in [0, 0.1) is 0 Å². The van der Waals surface area contributed by atoms with Crippen molar-refractivity contribution in [1.29, 1.82) is 0 Å². The minimum Gasteiger partial charge on any atom is -0.352 e. The highest BCUT2D eigenvalue weighted by atomic mass is 16.1. The maximum absolute atomic E-state index is 12.4. The standard InChI is InChI=1S/C23H29N3O/c1-16(2)26-20-9-7-6-8-19(20)25-21(26)14-15-24-22(27)17-10-12-18(13-11-17)23(3,4)5/h6-13,16H,14-15H2,1-5H3,(H,24,27). The molecule has 1 N–H and O–H groups in total. The molecule has 0 spiro atoms. The van der Waals surface area contributed by atoms with Crippen molar-refractivity contribution in [1.82, 2.24) is 14.9 Å². The number of rotatable bonds is 5. The topological polar surface area (TPSA) is 46.9 Å². The van der Waals surface area contributed by atoms with Gasteiger partial charge in [0.25, 0.3) is 5.91 Å². The van der Waals surface area contributed by atoms with E-state index in [9.17, 15) is 4.79 Å². The third kappa shape index (κ3) is 4.21. The van der Waals surface area contributed by atoms with Crippen molar-refractivity contribution in [2.24, 2.45) is 0 Å². The van der Waals surface area contributed by atoms with E-state index >= 15 is 0 Å². The summed E-state index contributed by atoms with van der Waals surface area (Å²) in [4.78, 5) is 17.2. The summed E-state index contributed by atoms with van der Waals surface area (Å²) in [6, 6.07) is 16.4. The first-order valence-electron chi connectivity index (χ1n) is 9.62. The minimum atomic E-state index is -0.0392. The molecule has 0 aliphatic rings. The normalized spacial score (nSPS) is 11.9. The number of para-hydroxylation sites is 2. The molecule has 0 bridgehead atoms. The zero-order chi connectivity index (χ0) is 19.6. The van der Waals surface area contributed by atoms with Crippen LogP contribution in [-0.2, 0) is 11.8 Å². The van der Waals surface area contributed by atoms with Crippen LogP contribution in [0.15, 0.2) is 48.5 Å². The van der Waals surface area contributed by atoms with Crippen molar-refractivity contribution >= 4 is 16.9 Å². The Balaban J connectivity index is 1.67. The quantitative estimate of drug-likeness (QED) is 0.702. The van der Waals surface area contributed by atoms with Crippen LogP contribution >= 0.6 is 0 Å². The van der Waals surface area contributed by atoms with E-state index in [2.05, 4.69) is 50.6 Å². The molecule has 4 nitrogen and oxygen atoms in total. The lowest BCUT2D eigenvalue weighted by Gasteiger charge is -2.19. The Morgan fingerprint density at radius 1 is 1.07 bits per heavy atom. The summed E-state index contributed by atoms with van der Waals surface area (Å²) in [6.07, 6.45) is 0.707. The molecule has 142 valence electrons. The first-order chi connectivity index (χ1) is 12.8. The van der Waals surface area contributed by atoms with E-state index in [0.717, 1.165) is 16.9 Å². The van der Waals surface area contributed by atoms with Gasteiger partial charge in [-0.2, -0.15) is 0 Å². The predicted molar refractivity (Wildman–Crippen MR) is 111 cm³/mol. The van der Waals surface area contributed by atoms with Crippen molar-refractivity contribution in [3.05, 3.63) is 65.5 Å². The summed E-state index contributed by atoms with van der Waals surface area (Å²) in [5.74, 6) is 0.970. The number of nitrogens with one attached hydrogen (secondary N) is 1. The van der Waals surface area contributed by atoms with Gasteiger partial charge in [0, 0.05) is 24.6 Å².